The van der Waals surface area contributed by atoms with Gasteiger partial charge in [-0.2, -0.15) is 4.31 Å². The maximum Gasteiger partial charge on any atom is 0.243 e. The molecule has 1 aliphatic heterocycles. The Hall–Kier alpha value is -1.99. The van der Waals surface area contributed by atoms with Crippen LogP contribution in [0.3, 0.4) is 0 Å². The zero-order valence-electron chi connectivity index (χ0n) is 13.8. The van der Waals surface area contributed by atoms with Crippen molar-refractivity contribution in [1.82, 2.24) is 14.3 Å². The van der Waals surface area contributed by atoms with Gasteiger partial charge in [-0.05, 0) is 38.3 Å². The first-order valence-electron chi connectivity index (χ1n) is 7.97. The molecule has 2 aromatic rings. The van der Waals surface area contributed by atoms with Crippen molar-refractivity contribution in [3.05, 3.63) is 47.9 Å². The number of rotatable bonds is 4. The Morgan fingerprint density at radius 2 is 2.08 bits per heavy atom. The molecule has 7 heteroatoms. The van der Waals surface area contributed by atoms with Gasteiger partial charge in [0.2, 0.25) is 15.9 Å². The molecule has 1 saturated heterocycles. The molecule has 0 spiro atoms. The zero-order chi connectivity index (χ0) is 17.2. The highest BCUT2D eigenvalue weighted by Gasteiger charge is 2.32. The van der Waals surface area contributed by atoms with Gasteiger partial charge in [-0.25, -0.2) is 18.4 Å². The van der Waals surface area contributed by atoms with E-state index in [1.807, 2.05) is 26.0 Å². The molecule has 24 heavy (non-hydrogen) atoms. The monoisotopic (exact) mass is 347 g/mol. The summed E-state index contributed by atoms with van der Waals surface area (Å²) in [7, 11) is -3.51. The second-order valence-corrected chi connectivity index (χ2v) is 7.97. The summed E-state index contributed by atoms with van der Waals surface area (Å²) in [5.41, 5.74) is 1.82. The molecule has 1 aromatic heterocycles. The summed E-state index contributed by atoms with van der Waals surface area (Å²) in [6, 6.07) is 7.09. The van der Waals surface area contributed by atoms with Crippen LogP contribution >= 0.6 is 0 Å². The molecular formula is C17H21N3O3S. The Bertz CT molecular complexity index is 809. The van der Waals surface area contributed by atoms with Crippen LogP contribution in [0, 0.1) is 13.8 Å². The molecule has 0 radical (unpaired) electrons. The summed E-state index contributed by atoms with van der Waals surface area (Å²) in [5, 5.41) is 0. The van der Waals surface area contributed by atoms with Crippen molar-refractivity contribution in [2.75, 3.05) is 13.1 Å². The number of hydrogen-bond donors (Lipinski definition) is 0. The second-order valence-electron chi connectivity index (χ2n) is 6.06. The molecule has 0 unspecified atom stereocenters. The normalized spacial score (nSPS) is 19.2. The molecule has 1 aliphatic rings. The van der Waals surface area contributed by atoms with Crippen LogP contribution in [-0.2, 0) is 10.0 Å². The zero-order valence-corrected chi connectivity index (χ0v) is 14.7. The minimum absolute atomic E-state index is 0.200. The Labute approximate surface area is 142 Å². The van der Waals surface area contributed by atoms with E-state index in [-0.39, 0.29) is 6.10 Å². The highest BCUT2D eigenvalue weighted by atomic mass is 32.2. The number of piperidine rings is 1. The highest BCUT2D eigenvalue weighted by Crippen LogP contribution is 2.25. The SMILES string of the molecule is Cc1ccc(S(=O)(=O)N2CCC[C@@H](Oc3ccncn3)C2)c(C)c1. The number of ether oxygens (including phenoxy) is 1. The number of hydrogen-bond acceptors (Lipinski definition) is 5. The van der Waals surface area contributed by atoms with Crippen molar-refractivity contribution in [2.45, 2.75) is 37.7 Å². The Morgan fingerprint density at radius 3 is 2.79 bits per heavy atom. The van der Waals surface area contributed by atoms with Gasteiger partial charge in [0.05, 0.1) is 11.4 Å². The summed E-state index contributed by atoms with van der Waals surface area (Å²) in [6.07, 6.45) is 4.40. The quantitative estimate of drug-likeness (QED) is 0.849. The molecule has 128 valence electrons. The molecule has 2 heterocycles. The predicted octanol–water partition coefficient (Wildman–Crippen LogP) is 2.33. The van der Waals surface area contributed by atoms with Crippen LogP contribution in [-0.4, -0.2) is 41.9 Å². The minimum Gasteiger partial charge on any atom is -0.473 e. The van der Waals surface area contributed by atoms with Crippen LogP contribution < -0.4 is 4.74 Å². The van der Waals surface area contributed by atoms with Crippen molar-refractivity contribution in [1.29, 1.82) is 0 Å². The fraction of sp³-hybridized carbons (Fsp3) is 0.412. The van der Waals surface area contributed by atoms with E-state index >= 15 is 0 Å². The molecule has 0 saturated carbocycles. The first kappa shape index (κ1) is 16.9. The van der Waals surface area contributed by atoms with E-state index in [1.54, 1.807) is 18.3 Å². The van der Waals surface area contributed by atoms with E-state index in [0.717, 1.165) is 24.0 Å². The lowest BCUT2D eigenvalue weighted by atomic mass is 10.1. The summed E-state index contributed by atoms with van der Waals surface area (Å²) in [4.78, 5) is 8.26. The fourth-order valence-corrected chi connectivity index (χ4v) is 4.68. The molecule has 0 aliphatic carbocycles. The molecule has 6 nitrogen and oxygen atoms in total. The Morgan fingerprint density at radius 1 is 1.25 bits per heavy atom. The van der Waals surface area contributed by atoms with Crippen molar-refractivity contribution < 1.29 is 13.2 Å². The molecular weight excluding hydrogens is 326 g/mol. The first-order chi connectivity index (χ1) is 11.5. The van der Waals surface area contributed by atoms with E-state index in [1.165, 1.54) is 10.6 Å². The van der Waals surface area contributed by atoms with Gasteiger partial charge in [0.1, 0.15) is 12.4 Å². The van der Waals surface area contributed by atoms with Crippen molar-refractivity contribution in [3.63, 3.8) is 0 Å². The van der Waals surface area contributed by atoms with Crippen LogP contribution in [0.1, 0.15) is 24.0 Å². The standard InChI is InChI=1S/C17H21N3O3S/c1-13-5-6-16(14(2)10-13)24(21,22)20-9-3-4-15(11-20)23-17-7-8-18-12-19-17/h5-8,10,12,15H,3-4,9,11H2,1-2H3/t15-/m1/s1. The lowest BCUT2D eigenvalue weighted by Gasteiger charge is -2.32. The van der Waals surface area contributed by atoms with Gasteiger partial charge in [0.15, 0.2) is 0 Å². The molecule has 0 bridgehead atoms. The second kappa shape index (κ2) is 6.86. The highest BCUT2D eigenvalue weighted by molar-refractivity contribution is 7.89. The summed E-state index contributed by atoms with van der Waals surface area (Å²) in [5.74, 6) is 0.473. The fourth-order valence-electron chi connectivity index (χ4n) is 2.97. The first-order valence-corrected chi connectivity index (χ1v) is 9.41. The van der Waals surface area contributed by atoms with Crippen LogP contribution in [0.4, 0.5) is 0 Å². The van der Waals surface area contributed by atoms with E-state index in [4.69, 9.17) is 4.74 Å². The Kier molecular flexibility index (Phi) is 4.82. The smallest absolute Gasteiger partial charge is 0.243 e. The number of aryl methyl sites for hydroxylation is 2. The maximum absolute atomic E-state index is 13.0. The number of nitrogens with zero attached hydrogens (tertiary/aromatic N) is 3. The lowest BCUT2D eigenvalue weighted by molar-refractivity contribution is 0.124. The van der Waals surface area contributed by atoms with Gasteiger partial charge in [-0.1, -0.05) is 17.7 Å². The average Bonchev–Trinajstić information content (AvgIpc) is 2.56. The lowest BCUT2D eigenvalue weighted by Crippen LogP contribution is -2.44. The van der Waals surface area contributed by atoms with Crippen LogP contribution in [0.2, 0.25) is 0 Å². The van der Waals surface area contributed by atoms with Crippen LogP contribution in [0.15, 0.2) is 41.7 Å². The molecule has 1 atom stereocenters. The number of aromatic nitrogens is 2. The van der Waals surface area contributed by atoms with Gasteiger partial charge >= 0.3 is 0 Å². The average molecular weight is 347 g/mol. The predicted molar refractivity (Wildman–Crippen MR) is 90.4 cm³/mol. The third-order valence-electron chi connectivity index (χ3n) is 4.13. The molecule has 1 aromatic carbocycles. The summed E-state index contributed by atoms with van der Waals surface area (Å²) in [6.45, 7) is 4.63. The van der Waals surface area contributed by atoms with Gasteiger partial charge in [0.25, 0.3) is 0 Å². The third-order valence-corrected chi connectivity index (χ3v) is 6.16. The maximum atomic E-state index is 13.0. The van der Waals surface area contributed by atoms with Crippen molar-refractivity contribution in [2.24, 2.45) is 0 Å². The van der Waals surface area contributed by atoms with E-state index < -0.39 is 10.0 Å². The van der Waals surface area contributed by atoms with Crippen molar-refractivity contribution >= 4 is 10.0 Å². The van der Waals surface area contributed by atoms with Crippen LogP contribution in [0.25, 0.3) is 0 Å². The van der Waals surface area contributed by atoms with Crippen LogP contribution in [0.5, 0.6) is 5.88 Å². The molecule has 0 N–H and O–H groups in total. The van der Waals surface area contributed by atoms with E-state index in [9.17, 15) is 8.42 Å². The molecule has 1 fully saturated rings. The minimum atomic E-state index is -3.51. The van der Waals surface area contributed by atoms with Crippen molar-refractivity contribution in [3.8, 4) is 5.88 Å². The Balaban J connectivity index is 1.78. The molecule has 0 amide bonds. The third kappa shape index (κ3) is 3.57. The number of sulfonamides is 1. The van der Waals surface area contributed by atoms with Gasteiger partial charge in [-0.15, -0.1) is 0 Å². The van der Waals surface area contributed by atoms with Gasteiger partial charge in [-0.3, -0.25) is 0 Å². The largest absolute Gasteiger partial charge is 0.473 e. The van der Waals surface area contributed by atoms with E-state index in [2.05, 4.69) is 9.97 Å². The summed E-state index contributed by atoms with van der Waals surface area (Å²) >= 11 is 0. The topological polar surface area (TPSA) is 72.4 Å². The van der Waals surface area contributed by atoms with E-state index in [0.29, 0.717) is 23.9 Å². The van der Waals surface area contributed by atoms with Gasteiger partial charge < -0.3 is 4.74 Å². The molecule has 3 rings (SSSR count). The summed E-state index contributed by atoms with van der Waals surface area (Å²) < 4.78 is 33.2. The number of benzene rings is 1. The van der Waals surface area contributed by atoms with Gasteiger partial charge in [0, 0.05) is 18.8 Å².